The first kappa shape index (κ1) is 28.4. The number of amides is 3. The van der Waals surface area contributed by atoms with E-state index in [0.29, 0.717) is 6.07 Å². The van der Waals surface area contributed by atoms with Crippen LogP contribution in [0.4, 0.5) is 8.78 Å². The molecule has 0 radical (unpaired) electrons. The van der Waals surface area contributed by atoms with Crippen molar-refractivity contribution in [2.45, 2.75) is 12.5 Å². The van der Waals surface area contributed by atoms with Gasteiger partial charge in [-0.1, -0.05) is 12.1 Å². The fraction of sp³-hybridized carbons (Fsp3) is 0.200. The maximum Gasteiger partial charge on any atom is 0.488 e. The molecule has 2 aromatic carbocycles. The highest BCUT2D eigenvalue weighted by Gasteiger charge is 2.24. The van der Waals surface area contributed by atoms with Crippen LogP contribution in [0.1, 0.15) is 27.1 Å². The number of hydrogen-bond donors (Lipinski definition) is 8. The van der Waals surface area contributed by atoms with Crippen LogP contribution in [0.3, 0.4) is 0 Å². The summed E-state index contributed by atoms with van der Waals surface area (Å²) in [5.74, 6) is -6.39. The van der Waals surface area contributed by atoms with Gasteiger partial charge in [0.05, 0.1) is 11.1 Å². The summed E-state index contributed by atoms with van der Waals surface area (Å²) in [5, 5.41) is 51.8. The van der Waals surface area contributed by atoms with Crippen molar-refractivity contribution in [1.29, 1.82) is 0 Å². The summed E-state index contributed by atoms with van der Waals surface area (Å²) in [6.07, 6.45) is -0.333. The number of carbonyl (C=O) groups excluding carboxylic acids is 3. The van der Waals surface area contributed by atoms with Crippen LogP contribution < -0.4 is 26.9 Å². The summed E-state index contributed by atoms with van der Waals surface area (Å²) in [7, 11) is -3.89. The van der Waals surface area contributed by atoms with Gasteiger partial charge in [-0.05, 0) is 35.2 Å². The second-order valence-electron chi connectivity index (χ2n) is 7.40. The Hall–Kier alpha value is -3.85. The lowest BCUT2D eigenvalue weighted by molar-refractivity contribution is -0.139. The average Bonchev–Trinajstić information content (AvgIpc) is 2.80. The van der Waals surface area contributed by atoms with Crippen LogP contribution in [0.15, 0.2) is 36.4 Å². The number of rotatable bonds is 11. The lowest BCUT2D eigenvalue weighted by Crippen LogP contribution is -2.49. The van der Waals surface area contributed by atoms with E-state index in [1.165, 1.54) is 0 Å². The van der Waals surface area contributed by atoms with Gasteiger partial charge in [0.15, 0.2) is 0 Å². The van der Waals surface area contributed by atoms with E-state index in [-0.39, 0.29) is 23.9 Å². The van der Waals surface area contributed by atoms with Gasteiger partial charge < -0.3 is 41.2 Å². The normalized spacial score (nSPS) is 11.3. The van der Waals surface area contributed by atoms with Crippen LogP contribution in [-0.4, -0.2) is 82.3 Å². The highest BCUT2D eigenvalue weighted by molar-refractivity contribution is 6.59. The summed E-state index contributed by atoms with van der Waals surface area (Å²) in [5.41, 5.74) is -1.34. The number of halogens is 2. The molecule has 0 heterocycles. The molecule has 0 saturated heterocycles. The van der Waals surface area contributed by atoms with Crippen LogP contribution in [0.2, 0.25) is 0 Å². The monoisotopic (exact) mass is 507 g/mol. The lowest BCUT2D eigenvalue weighted by atomic mass is 9.80. The first-order chi connectivity index (χ1) is 16.9. The Morgan fingerprint density at radius 1 is 0.806 bits per heavy atom. The summed E-state index contributed by atoms with van der Waals surface area (Å²) in [6, 6.07) is 3.97. The Labute approximate surface area is 203 Å². The zero-order valence-corrected chi connectivity index (χ0v) is 18.4. The molecule has 16 heteroatoms. The maximum absolute atomic E-state index is 14.1. The number of benzene rings is 2. The highest BCUT2D eigenvalue weighted by atomic mass is 19.1. The third-order valence-electron chi connectivity index (χ3n) is 4.82. The minimum atomic E-state index is -1.97. The van der Waals surface area contributed by atoms with Crippen molar-refractivity contribution in [3.8, 4) is 0 Å². The second-order valence-corrected chi connectivity index (χ2v) is 7.40. The summed E-state index contributed by atoms with van der Waals surface area (Å²) in [4.78, 5) is 47.6. The number of carboxylic acids is 1. The number of nitrogens with one attached hydrogen (secondary N) is 3. The largest absolute Gasteiger partial charge is 0.488 e. The maximum atomic E-state index is 14.1. The zero-order valence-electron chi connectivity index (χ0n) is 18.4. The van der Waals surface area contributed by atoms with Gasteiger partial charge >= 0.3 is 20.2 Å². The van der Waals surface area contributed by atoms with Crippen molar-refractivity contribution >= 4 is 48.9 Å². The highest BCUT2D eigenvalue weighted by Crippen LogP contribution is 2.07. The number of aliphatic carboxylic acids is 1. The molecule has 12 nitrogen and oxygen atoms in total. The molecule has 0 aliphatic heterocycles. The van der Waals surface area contributed by atoms with Crippen molar-refractivity contribution in [1.82, 2.24) is 16.0 Å². The first-order valence-electron chi connectivity index (χ1n) is 10.3. The van der Waals surface area contributed by atoms with Gasteiger partial charge in [-0.2, -0.15) is 0 Å². The Bertz CT molecular complexity index is 1150. The molecule has 0 aromatic heterocycles. The zero-order chi connectivity index (χ0) is 27.0. The van der Waals surface area contributed by atoms with E-state index in [9.17, 15) is 33.1 Å². The molecule has 190 valence electrons. The van der Waals surface area contributed by atoms with E-state index in [2.05, 4.69) is 10.6 Å². The van der Waals surface area contributed by atoms with Crippen LogP contribution >= 0.6 is 0 Å². The number of carbonyl (C=O) groups is 4. The van der Waals surface area contributed by atoms with Crippen molar-refractivity contribution in [2.75, 3.05) is 13.1 Å². The van der Waals surface area contributed by atoms with Gasteiger partial charge in [-0.15, -0.1) is 0 Å². The van der Waals surface area contributed by atoms with E-state index in [0.717, 1.165) is 30.3 Å². The van der Waals surface area contributed by atoms with Gasteiger partial charge in [0.25, 0.3) is 11.8 Å². The first-order valence-corrected chi connectivity index (χ1v) is 10.3. The Morgan fingerprint density at radius 3 is 1.75 bits per heavy atom. The van der Waals surface area contributed by atoms with E-state index < -0.39 is 73.3 Å². The van der Waals surface area contributed by atoms with Crippen molar-refractivity contribution in [3.63, 3.8) is 0 Å². The number of hydrogen-bond acceptors (Lipinski definition) is 8. The van der Waals surface area contributed by atoms with Gasteiger partial charge in [-0.3, -0.25) is 14.4 Å². The molecule has 2 aromatic rings. The van der Waals surface area contributed by atoms with Gasteiger partial charge in [0.1, 0.15) is 17.7 Å². The molecule has 36 heavy (non-hydrogen) atoms. The third kappa shape index (κ3) is 7.84. The molecule has 0 saturated carbocycles. The van der Waals surface area contributed by atoms with E-state index in [1.54, 1.807) is 0 Å². The van der Waals surface area contributed by atoms with Crippen LogP contribution in [0.5, 0.6) is 0 Å². The topological polar surface area (TPSA) is 206 Å². The molecule has 1 atom stereocenters. The van der Waals surface area contributed by atoms with E-state index >= 15 is 0 Å². The molecule has 3 amide bonds. The predicted molar refractivity (Wildman–Crippen MR) is 121 cm³/mol. The molecular weight excluding hydrogens is 486 g/mol. The van der Waals surface area contributed by atoms with Crippen LogP contribution in [0, 0.1) is 11.6 Å². The van der Waals surface area contributed by atoms with Crippen LogP contribution in [-0.2, 0) is 9.59 Å². The fourth-order valence-corrected chi connectivity index (χ4v) is 2.88. The molecule has 2 rings (SSSR count). The third-order valence-corrected chi connectivity index (χ3v) is 4.82. The summed E-state index contributed by atoms with van der Waals surface area (Å²) in [6.45, 7) is -0.838. The molecule has 0 aliphatic carbocycles. The standard InChI is InChI=1S/C20H21B2F2N3O9/c23-14-7-10(21(33)34)1-3-12(14)18(29)25-6-5-17(28)26-9-16(20(31)32)27-19(30)13-4-2-11(22(35)36)8-15(13)24/h1-4,7-8,16,33-36H,5-6,9H2,(H,25,29)(H,26,28)(H,27,30)(H,31,32)/t16-/m0/s1. The molecule has 8 N–H and O–H groups in total. The van der Waals surface area contributed by atoms with Gasteiger partial charge in [0, 0.05) is 19.5 Å². The van der Waals surface area contributed by atoms with Gasteiger partial charge in [-0.25, -0.2) is 13.6 Å². The lowest BCUT2D eigenvalue weighted by Gasteiger charge is -2.16. The minimum Gasteiger partial charge on any atom is -0.480 e. The van der Waals surface area contributed by atoms with Gasteiger partial charge in [0.2, 0.25) is 5.91 Å². The molecule has 0 fully saturated rings. The van der Waals surface area contributed by atoms with Crippen molar-refractivity contribution in [2.24, 2.45) is 0 Å². The molecule has 0 aliphatic rings. The summed E-state index contributed by atoms with van der Waals surface area (Å²) < 4.78 is 28.0. The Morgan fingerprint density at radius 2 is 1.31 bits per heavy atom. The average molecular weight is 507 g/mol. The Kier molecular flexibility index (Phi) is 10.0. The van der Waals surface area contributed by atoms with Crippen LogP contribution in [0.25, 0.3) is 0 Å². The fourth-order valence-electron chi connectivity index (χ4n) is 2.88. The van der Waals surface area contributed by atoms with Crippen molar-refractivity contribution in [3.05, 3.63) is 59.2 Å². The van der Waals surface area contributed by atoms with E-state index in [1.807, 2.05) is 5.32 Å². The predicted octanol–water partition coefficient (Wildman–Crippen LogP) is -3.56. The molecule has 0 bridgehead atoms. The molecule has 0 spiro atoms. The molecular formula is C20H21B2F2N3O9. The smallest absolute Gasteiger partial charge is 0.480 e. The number of carboxylic acid groups (broad SMARTS) is 1. The minimum absolute atomic E-state index is 0.160. The second kappa shape index (κ2) is 12.7. The van der Waals surface area contributed by atoms with E-state index in [4.69, 9.17) is 20.1 Å². The Balaban J connectivity index is 1.86. The quantitative estimate of drug-likeness (QED) is 0.142. The molecule has 0 unspecified atom stereocenters. The van der Waals surface area contributed by atoms with Crippen molar-refractivity contribution < 1.29 is 53.2 Å². The SMILES string of the molecule is O=C(CCNC(=O)c1ccc(B(O)O)cc1F)NC[C@H](NC(=O)c1ccc(B(O)O)cc1F)C(=O)O. The summed E-state index contributed by atoms with van der Waals surface area (Å²) >= 11 is 0.